The van der Waals surface area contributed by atoms with Crippen molar-refractivity contribution in [2.24, 2.45) is 5.10 Å². The third kappa shape index (κ3) is 3.60. The highest BCUT2D eigenvalue weighted by atomic mass is 32.1. The van der Waals surface area contributed by atoms with Crippen molar-refractivity contribution in [3.05, 3.63) is 68.3 Å². The summed E-state index contributed by atoms with van der Waals surface area (Å²) in [5.74, 6) is 0.103. The molecule has 140 valence electrons. The van der Waals surface area contributed by atoms with Gasteiger partial charge in [0.25, 0.3) is 11.6 Å². The number of nitrogen functional groups attached to an aromatic ring is 1. The van der Waals surface area contributed by atoms with E-state index in [4.69, 9.17) is 15.4 Å². The summed E-state index contributed by atoms with van der Waals surface area (Å²) < 4.78 is 5.55. The zero-order chi connectivity index (χ0) is 20.3. The van der Waals surface area contributed by atoms with Gasteiger partial charge in [0.05, 0.1) is 22.3 Å². The number of nitriles is 1. The van der Waals surface area contributed by atoms with E-state index < -0.39 is 10.8 Å². The maximum Gasteiger partial charge on any atom is 0.281 e. The van der Waals surface area contributed by atoms with Crippen LogP contribution in [0.5, 0.6) is 0 Å². The minimum atomic E-state index is -0.502. The molecule has 28 heavy (non-hydrogen) atoms. The Hall–Kier alpha value is -3.97. The van der Waals surface area contributed by atoms with Crippen molar-refractivity contribution in [2.75, 3.05) is 5.73 Å². The Labute approximate surface area is 162 Å². The first kappa shape index (κ1) is 18.8. The minimum absolute atomic E-state index is 0.0762. The lowest BCUT2D eigenvalue weighted by Crippen LogP contribution is -2.17. The van der Waals surface area contributed by atoms with Crippen LogP contribution in [0, 0.1) is 28.4 Å². The number of benzene rings is 1. The van der Waals surface area contributed by atoms with E-state index in [9.17, 15) is 14.9 Å². The minimum Gasteiger partial charge on any atom is -0.455 e. The van der Waals surface area contributed by atoms with Crippen molar-refractivity contribution in [3.8, 4) is 17.4 Å². The molecule has 0 atom stereocenters. The fourth-order valence-corrected chi connectivity index (χ4v) is 3.42. The summed E-state index contributed by atoms with van der Waals surface area (Å²) in [6.45, 7) is 1.63. The lowest BCUT2D eigenvalue weighted by molar-refractivity contribution is -0.384. The van der Waals surface area contributed by atoms with Gasteiger partial charge >= 0.3 is 0 Å². The summed E-state index contributed by atoms with van der Waals surface area (Å²) in [7, 11) is 0. The van der Waals surface area contributed by atoms with Crippen LogP contribution < -0.4 is 11.2 Å². The van der Waals surface area contributed by atoms with Crippen LogP contribution >= 0.6 is 11.3 Å². The summed E-state index contributed by atoms with van der Waals surface area (Å²) in [5.41, 5.74) is 9.09. The lowest BCUT2D eigenvalue weighted by atomic mass is 10.1. The van der Waals surface area contributed by atoms with Crippen LogP contribution in [0.2, 0.25) is 0 Å². The number of carbonyl (C=O) groups excluding carboxylic acids is 1. The molecule has 0 aliphatic carbocycles. The molecule has 0 aliphatic rings. The number of para-hydroxylation sites is 1. The number of anilines is 1. The highest BCUT2D eigenvalue weighted by molar-refractivity contribution is 7.18. The number of hydrogen-bond acceptors (Lipinski definition) is 8. The molecule has 0 aliphatic heterocycles. The smallest absolute Gasteiger partial charge is 0.281 e. The van der Waals surface area contributed by atoms with Gasteiger partial charge < -0.3 is 10.2 Å². The second kappa shape index (κ2) is 7.73. The summed E-state index contributed by atoms with van der Waals surface area (Å²) in [6.07, 6.45) is 1.27. The predicted octanol–water partition coefficient (Wildman–Crippen LogP) is 3.44. The monoisotopic (exact) mass is 395 g/mol. The highest BCUT2D eigenvalue weighted by Gasteiger charge is 2.19. The van der Waals surface area contributed by atoms with Crippen molar-refractivity contribution in [1.29, 1.82) is 5.26 Å². The largest absolute Gasteiger partial charge is 0.455 e. The van der Waals surface area contributed by atoms with E-state index in [0.29, 0.717) is 27.5 Å². The number of nitrogens with one attached hydrogen (secondary N) is 1. The molecule has 2 heterocycles. The zero-order valence-corrected chi connectivity index (χ0v) is 15.3. The quantitative estimate of drug-likeness (QED) is 0.384. The van der Waals surface area contributed by atoms with Crippen molar-refractivity contribution in [2.45, 2.75) is 6.92 Å². The number of nitro benzene ring substituents is 1. The fourth-order valence-electron chi connectivity index (χ4n) is 2.50. The Bertz CT molecular complexity index is 1140. The topological polar surface area (TPSA) is 148 Å². The van der Waals surface area contributed by atoms with Gasteiger partial charge in [-0.25, -0.2) is 5.43 Å². The number of thiophene rings is 1. The molecule has 0 radical (unpaired) electrons. The standard InChI is InChI=1S/C18H13N5O4S/c1-10-13(8-19)17(20)28-16(10)18(24)22-21-9-11-6-7-15(27-11)12-4-2-3-5-14(12)23(25)26/h2-7,9H,20H2,1H3,(H,22,24). The number of carbonyl (C=O) groups is 1. The number of hydrazone groups is 1. The molecule has 1 amide bonds. The van der Waals surface area contributed by atoms with E-state index in [0.717, 1.165) is 11.3 Å². The second-order valence-electron chi connectivity index (χ2n) is 5.58. The molecular weight excluding hydrogens is 382 g/mol. The van der Waals surface area contributed by atoms with E-state index in [1.165, 1.54) is 12.3 Å². The molecule has 0 bridgehead atoms. The highest BCUT2D eigenvalue weighted by Crippen LogP contribution is 2.31. The molecule has 0 saturated heterocycles. The van der Waals surface area contributed by atoms with Crippen LogP contribution in [-0.2, 0) is 0 Å². The van der Waals surface area contributed by atoms with Crippen LogP contribution in [0.25, 0.3) is 11.3 Å². The molecule has 2 aromatic heterocycles. The summed E-state index contributed by atoms with van der Waals surface area (Å²) in [5, 5.41) is 24.2. The first-order valence-electron chi connectivity index (χ1n) is 7.88. The zero-order valence-electron chi connectivity index (χ0n) is 14.5. The number of nitro groups is 1. The fraction of sp³-hybridized carbons (Fsp3) is 0.0556. The first-order chi connectivity index (χ1) is 13.4. The van der Waals surface area contributed by atoms with E-state index >= 15 is 0 Å². The summed E-state index contributed by atoms with van der Waals surface area (Å²) in [6, 6.07) is 11.3. The van der Waals surface area contributed by atoms with E-state index in [1.54, 1.807) is 37.3 Å². The number of rotatable bonds is 5. The first-order valence-corrected chi connectivity index (χ1v) is 8.70. The van der Waals surface area contributed by atoms with Gasteiger partial charge in [-0.05, 0) is 30.7 Å². The van der Waals surface area contributed by atoms with Crippen molar-refractivity contribution >= 4 is 34.1 Å². The van der Waals surface area contributed by atoms with Gasteiger partial charge in [0.2, 0.25) is 0 Å². The van der Waals surface area contributed by atoms with E-state index in [1.807, 2.05) is 6.07 Å². The van der Waals surface area contributed by atoms with Crippen LogP contribution in [0.15, 0.2) is 45.9 Å². The van der Waals surface area contributed by atoms with E-state index in [-0.39, 0.29) is 16.3 Å². The molecule has 0 unspecified atom stereocenters. The second-order valence-corrected chi connectivity index (χ2v) is 6.63. The van der Waals surface area contributed by atoms with Crippen LogP contribution in [0.1, 0.15) is 26.6 Å². The molecule has 3 aromatic rings. The predicted molar refractivity (Wildman–Crippen MR) is 104 cm³/mol. The van der Waals surface area contributed by atoms with Crippen molar-refractivity contribution < 1.29 is 14.1 Å². The molecular formula is C18H13N5O4S. The maximum absolute atomic E-state index is 12.2. The molecule has 0 saturated carbocycles. The molecule has 1 aromatic carbocycles. The van der Waals surface area contributed by atoms with Crippen LogP contribution in [0.3, 0.4) is 0 Å². The lowest BCUT2D eigenvalue weighted by Gasteiger charge is -1.99. The van der Waals surface area contributed by atoms with Gasteiger partial charge in [0, 0.05) is 6.07 Å². The van der Waals surface area contributed by atoms with Gasteiger partial charge in [0.15, 0.2) is 0 Å². The molecule has 3 rings (SSSR count). The Morgan fingerprint density at radius 2 is 2.14 bits per heavy atom. The van der Waals surface area contributed by atoms with Gasteiger partial charge in [-0.1, -0.05) is 12.1 Å². The number of furan rings is 1. The third-order valence-corrected chi connectivity index (χ3v) is 4.96. The number of amides is 1. The number of nitrogens with two attached hydrogens (primary N) is 1. The van der Waals surface area contributed by atoms with Crippen molar-refractivity contribution in [3.63, 3.8) is 0 Å². The SMILES string of the molecule is Cc1c(C(=O)NN=Cc2ccc(-c3ccccc3[N+](=O)[O-])o2)sc(N)c1C#N. The number of hydrogen-bond donors (Lipinski definition) is 2. The van der Waals surface area contributed by atoms with Gasteiger partial charge in [-0.15, -0.1) is 11.3 Å². The number of nitrogens with zero attached hydrogens (tertiary/aromatic N) is 3. The van der Waals surface area contributed by atoms with Gasteiger partial charge in [-0.2, -0.15) is 10.4 Å². The maximum atomic E-state index is 12.2. The van der Waals surface area contributed by atoms with Gasteiger partial charge in [0.1, 0.15) is 27.5 Å². The van der Waals surface area contributed by atoms with Crippen LogP contribution in [0.4, 0.5) is 10.7 Å². The van der Waals surface area contributed by atoms with Crippen LogP contribution in [-0.4, -0.2) is 17.0 Å². The molecule has 10 heteroatoms. The van der Waals surface area contributed by atoms with E-state index in [2.05, 4.69) is 10.5 Å². The third-order valence-electron chi connectivity index (χ3n) is 3.84. The summed E-state index contributed by atoms with van der Waals surface area (Å²) >= 11 is 1.01. The Morgan fingerprint density at radius 1 is 1.39 bits per heavy atom. The summed E-state index contributed by atoms with van der Waals surface area (Å²) in [4.78, 5) is 23.1. The Morgan fingerprint density at radius 3 is 2.82 bits per heavy atom. The Balaban J connectivity index is 1.74. The van der Waals surface area contributed by atoms with Crippen molar-refractivity contribution in [1.82, 2.24) is 5.43 Å². The molecule has 0 fully saturated rings. The molecule has 0 spiro atoms. The average Bonchev–Trinajstić information content (AvgIpc) is 3.25. The Kier molecular flexibility index (Phi) is 5.19. The molecule has 9 nitrogen and oxygen atoms in total. The normalized spacial score (nSPS) is 10.7. The van der Waals surface area contributed by atoms with Gasteiger partial charge in [-0.3, -0.25) is 14.9 Å². The molecule has 3 N–H and O–H groups in total. The average molecular weight is 395 g/mol.